The molecule has 0 nitrogen and oxygen atoms in total. The van der Waals surface area contributed by atoms with Crippen molar-refractivity contribution in [2.24, 2.45) is 0 Å². The van der Waals surface area contributed by atoms with Crippen molar-refractivity contribution in [1.82, 2.24) is 0 Å². The maximum absolute atomic E-state index is 2.48. The van der Waals surface area contributed by atoms with E-state index in [2.05, 4.69) is 116 Å². The Morgan fingerprint density at radius 1 is 0.645 bits per heavy atom. The Morgan fingerprint density at radius 2 is 1.19 bits per heavy atom. The fourth-order valence-corrected chi connectivity index (χ4v) is 4.93. The Kier molecular flexibility index (Phi) is 5.54. The first-order valence-electron chi connectivity index (χ1n) is 11.3. The van der Waals surface area contributed by atoms with Gasteiger partial charge in [0.05, 0.1) is 0 Å². The zero-order chi connectivity index (χ0) is 21.0. The van der Waals surface area contributed by atoms with Gasteiger partial charge in [-0.2, -0.15) is 0 Å². The van der Waals surface area contributed by atoms with E-state index in [4.69, 9.17) is 0 Å². The Labute approximate surface area is 185 Å². The van der Waals surface area contributed by atoms with Gasteiger partial charge >= 0.3 is 0 Å². The predicted molar refractivity (Wildman–Crippen MR) is 133 cm³/mol. The fourth-order valence-electron chi connectivity index (χ4n) is 4.93. The fraction of sp³-hybridized carbons (Fsp3) is 0.161. The molecular weight excluding hydrogens is 372 g/mol. The van der Waals surface area contributed by atoms with Crippen LogP contribution in [0.5, 0.6) is 0 Å². The third-order valence-corrected chi connectivity index (χ3v) is 6.55. The van der Waals surface area contributed by atoms with Crippen LogP contribution in [-0.2, 0) is 6.42 Å². The summed E-state index contributed by atoms with van der Waals surface area (Å²) in [5.41, 5.74) is 11.2. The monoisotopic (exact) mass is 400 g/mol. The largest absolute Gasteiger partial charge is 0.0648 e. The quantitative estimate of drug-likeness (QED) is 0.304. The normalized spacial score (nSPS) is 13.5. The number of rotatable bonds is 6. The van der Waals surface area contributed by atoms with E-state index in [-0.39, 0.29) is 0 Å². The van der Waals surface area contributed by atoms with Gasteiger partial charge in [-0.05, 0) is 64.1 Å². The minimum atomic E-state index is 0.571. The number of fused-ring (bicyclic) bond motifs is 1. The molecule has 0 aromatic heterocycles. The summed E-state index contributed by atoms with van der Waals surface area (Å²) >= 11 is 0. The van der Waals surface area contributed by atoms with Crippen LogP contribution in [0.2, 0.25) is 0 Å². The van der Waals surface area contributed by atoms with Crippen molar-refractivity contribution >= 4 is 6.08 Å². The third kappa shape index (κ3) is 3.99. The number of benzene rings is 4. The third-order valence-electron chi connectivity index (χ3n) is 6.55. The average Bonchev–Trinajstić information content (AvgIpc) is 3.27. The SMILES string of the molecule is CCC(CC1=Cc2c(-c3ccccc3)ccc(-c3ccccc3)c2C1)c1ccccc1. The summed E-state index contributed by atoms with van der Waals surface area (Å²) in [6.45, 7) is 2.31. The van der Waals surface area contributed by atoms with E-state index in [0.29, 0.717) is 5.92 Å². The van der Waals surface area contributed by atoms with E-state index in [0.717, 1.165) is 19.3 Å². The molecule has 0 amide bonds. The van der Waals surface area contributed by atoms with Crippen LogP contribution in [-0.4, -0.2) is 0 Å². The van der Waals surface area contributed by atoms with E-state index in [9.17, 15) is 0 Å². The Bertz CT molecular complexity index is 1190. The number of hydrogen-bond donors (Lipinski definition) is 0. The lowest BCUT2D eigenvalue weighted by molar-refractivity contribution is 0.652. The smallest absolute Gasteiger partial charge is 0.00512 e. The standard InChI is InChI=1S/C31H28/c1-2-24(25-12-6-3-7-13-25)20-23-21-30-28(26-14-8-4-9-15-26)18-19-29(31(30)22-23)27-16-10-5-11-17-27/h3-19,21,24H,2,20,22H2,1H3. The van der Waals surface area contributed by atoms with Crippen molar-refractivity contribution < 1.29 is 0 Å². The van der Waals surface area contributed by atoms with Gasteiger partial charge in [-0.15, -0.1) is 0 Å². The molecule has 0 N–H and O–H groups in total. The highest BCUT2D eigenvalue weighted by Gasteiger charge is 2.23. The second-order valence-electron chi connectivity index (χ2n) is 8.48. The molecule has 0 bridgehead atoms. The van der Waals surface area contributed by atoms with E-state index >= 15 is 0 Å². The summed E-state index contributed by atoms with van der Waals surface area (Å²) in [6.07, 6.45) is 5.81. The number of allylic oxidation sites excluding steroid dienone is 1. The highest BCUT2D eigenvalue weighted by atomic mass is 14.3. The van der Waals surface area contributed by atoms with Gasteiger partial charge < -0.3 is 0 Å². The van der Waals surface area contributed by atoms with Crippen LogP contribution in [0.3, 0.4) is 0 Å². The highest BCUT2D eigenvalue weighted by Crippen LogP contribution is 2.42. The number of hydrogen-bond acceptors (Lipinski definition) is 0. The first-order valence-corrected chi connectivity index (χ1v) is 11.3. The zero-order valence-corrected chi connectivity index (χ0v) is 18.1. The average molecular weight is 401 g/mol. The second kappa shape index (κ2) is 8.78. The van der Waals surface area contributed by atoms with Gasteiger partial charge in [0.25, 0.3) is 0 Å². The van der Waals surface area contributed by atoms with E-state index in [1.165, 1.54) is 38.9 Å². The molecule has 1 aliphatic rings. The van der Waals surface area contributed by atoms with Crippen molar-refractivity contribution in [2.45, 2.75) is 32.1 Å². The molecular formula is C31H28. The summed E-state index contributed by atoms with van der Waals surface area (Å²) in [7, 11) is 0. The molecule has 0 heterocycles. The lowest BCUT2D eigenvalue weighted by Crippen LogP contribution is -2.00. The van der Waals surface area contributed by atoms with Crippen LogP contribution in [0.25, 0.3) is 28.3 Å². The molecule has 5 rings (SSSR count). The van der Waals surface area contributed by atoms with Gasteiger partial charge in [-0.1, -0.05) is 122 Å². The molecule has 0 saturated carbocycles. The van der Waals surface area contributed by atoms with E-state index in [1.807, 2.05) is 0 Å². The topological polar surface area (TPSA) is 0 Å². The molecule has 4 aromatic rings. The van der Waals surface area contributed by atoms with Crippen LogP contribution in [0, 0.1) is 0 Å². The van der Waals surface area contributed by atoms with Gasteiger partial charge in [0.1, 0.15) is 0 Å². The first kappa shape index (κ1) is 19.6. The molecule has 0 aliphatic heterocycles. The zero-order valence-electron chi connectivity index (χ0n) is 18.1. The summed E-state index contributed by atoms with van der Waals surface area (Å²) in [6, 6.07) is 37.3. The molecule has 31 heavy (non-hydrogen) atoms. The van der Waals surface area contributed by atoms with Crippen molar-refractivity contribution in [1.29, 1.82) is 0 Å². The minimum Gasteiger partial charge on any atom is -0.0648 e. The predicted octanol–water partition coefficient (Wildman–Crippen LogP) is 8.54. The Balaban J connectivity index is 1.56. The maximum atomic E-state index is 2.48. The van der Waals surface area contributed by atoms with Crippen LogP contribution in [0.15, 0.2) is 109 Å². The maximum Gasteiger partial charge on any atom is -0.00512 e. The molecule has 152 valence electrons. The summed E-state index contributed by atoms with van der Waals surface area (Å²) in [5.74, 6) is 0.571. The molecule has 0 heteroatoms. The van der Waals surface area contributed by atoms with Crippen LogP contribution < -0.4 is 0 Å². The summed E-state index contributed by atoms with van der Waals surface area (Å²) in [5, 5.41) is 0. The lowest BCUT2D eigenvalue weighted by atomic mass is 9.88. The Morgan fingerprint density at radius 3 is 1.81 bits per heavy atom. The molecule has 1 aliphatic carbocycles. The van der Waals surface area contributed by atoms with Crippen molar-refractivity contribution in [3.05, 3.63) is 125 Å². The summed E-state index contributed by atoms with van der Waals surface area (Å²) in [4.78, 5) is 0. The molecule has 4 aromatic carbocycles. The van der Waals surface area contributed by atoms with Gasteiger partial charge in [0.2, 0.25) is 0 Å². The van der Waals surface area contributed by atoms with Crippen LogP contribution in [0.1, 0.15) is 42.4 Å². The van der Waals surface area contributed by atoms with E-state index in [1.54, 1.807) is 5.57 Å². The molecule has 0 fully saturated rings. The van der Waals surface area contributed by atoms with Crippen LogP contribution in [0.4, 0.5) is 0 Å². The minimum absolute atomic E-state index is 0.571. The molecule has 1 unspecified atom stereocenters. The van der Waals surface area contributed by atoms with Gasteiger partial charge in [-0.25, -0.2) is 0 Å². The molecule has 1 atom stereocenters. The van der Waals surface area contributed by atoms with E-state index < -0.39 is 0 Å². The highest BCUT2D eigenvalue weighted by molar-refractivity contribution is 5.87. The second-order valence-corrected chi connectivity index (χ2v) is 8.48. The molecule has 0 saturated heterocycles. The Hall–Kier alpha value is -3.38. The van der Waals surface area contributed by atoms with Crippen molar-refractivity contribution in [3.63, 3.8) is 0 Å². The van der Waals surface area contributed by atoms with Crippen molar-refractivity contribution in [2.75, 3.05) is 0 Å². The lowest BCUT2D eigenvalue weighted by Gasteiger charge is -2.16. The summed E-state index contributed by atoms with van der Waals surface area (Å²) < 4.78 is 0. The van der Waals surface area contributed by atoms with Crippen LogP contribution >= 0.6 is 0 Å². The van der Waals surface area contributed by atoms with Crippen molar-refractivity contribution in [3.8, 4) is 22.3 Å². The first-order chi connectivity index (χ1) is 15.3. The molecule has 0 radical (unpaired) electrons. The molecule has 0 spiro atoms. The van der Waals surface area contributed by atoms with Gasteiger partial charge in [0, 0.05) is 0 Å². The van der Waals surface area contributed by atoms with Gasteiger partial charge in [-0.3, -0.25) is 0 Å². The van der Waals surface area contributed by atoms with Gasteiger partial charge in [0.15, 0.2) is 0 Å².